The quantitative estimate of drug-likeness (QED) is 0.444. The number of amides is 2. The van der Waals surface area contributed by atoms with Gasteiger partial charge in [-0.25, -0.2) is 4.90 Å². The highest BCUT2D eigenvalue weighted by Gasteiger charge is 2.37. The molecule has 2 amide bonds. The molecular formula is C27H18N4O3S. The summed E-state index contributed by atoms with van der Waals surface area (Å²) in [5.41, 5.74) is 3.30. The Bertz CT molecular complexity index is 1720. The molecule has 0 fully saturated rings. The van der Waals surface area contributed by atoms with Crippen molar-refractivity contribution in [3.05, 3.63) is 121 Å². The number of imide groups is 1. The van der Waals surface area contributed by atoms with Crippen LogP contribution in [-0.4, -0.2) is 22.1 Å². The third kappa shape index (κ3) is 3.22. The number of hydrogen-bond donors (Lipinski definition) is 0. The summed E-state index contributed by atoms with van der Waals surface area (Å²) in [7, 11) is 0. The van der Waals surface area contributed by atoms with Crippen molar-refractivity contribution in [2.24, 2.45) is 10.2 Å². The van der Waals surface area contributed by atoms with Gasteiger partial charge in [0.1, 0.15) is 10.6 Å². The molecule has 6 rings (SSSR count). The highest BCUT2D eigenvalue weighted by molar-refractivity contribution is 7.07. The molecule has 0 spiro atoms. The van der Waals surface area contributed by atoms with E-state index in [2.05, 4.69) is 10.2 Å². The van der Waals surface area contributed by atoms with E-state index < -0.39 is 17.9 Å². The summed E-state index contributed by atoms with van der Waals surface area (Å²) < 4.78 is 1.85. The third-order valence-electron chi connectivity index (χ3n) is 6.13. The molecule has 170 valence electrons. The lowest BCUT2D eigenvalue weighted by molar-refractivity contribution is -0.122. The first kappa shape index (κ1) is 21.1. The van der Waals surface area contributed by atoms with Gasteiger partial charge in [0.2, 0.25) is 10.7 Å². The summed E-state index contributed by atoms with van der Waals surface area (Å²) in [5.74, 6) is -0.907. The molecule has 0 saturated carbocycles. The Morgan fingerprint density at radius 3 is 2.23 bits per heavy atom. The number of para-hydroxylation sites is 1. The van der Waals surface area contributed by atoms with Crippen LogP contribution in [0.25, 0.3) is 5.57 Å². The lowest BCUT2D eigenvalue weighted by Gasteiger charge is -2.22. The number of anilines is 1. The molecule has 1 aromatic heterocycles. The van der Waals surface area contributed by atoms with Crippen LogP contribution in [0.2, 0.25) is 0 Å². The van der Waals surface area contributed by atoms with Gasteiger partial charge in [0, 0.05) is 18.1 Å². The highest BCUT2D eigenvalue weighted by Crippen LogP contribution is 2.35. The standard InChI is InChI=1S/C27H18N4O3S/c1-16(32)30-20-15-9-8-14-19(20)21(25(30)33)24-26(34)31-23(18-12-6-3-7-13-18)22(28-29-27(31)35-24)17-10-4-2-5-11-17/h2-15,23H,1H3/b24-21-. The number of rotatable bonds is 2. The van der Waals surface area contributed by atoms with Crippen molar-refractivity contribution >= 4 is 40.1 Å². The summed E-state index contributed by atoms with van der Waals surface area (Å²) in [6.07, 6.45) is 0. The van der Waals surface area contributed by atoms with Crippen LogP contribution < -0.4 is 19.8 Å². The Balaban J connectivity index is 1.65. The fourth-order valence-electron chi connectivity index (χ4n) is 4.62. The second-order valence-corrected chi connectivity index (χ2v) is 9.18. The van der Waals surface area contributed by atoms with Crippen LogP contribution in [0.15, 0.2) is 99.9 Å². The number of benzene rings is 3. The molecule has 7 nitrogen and oxygen atoms in total. The second kappa shape index (κ2) is 8.11. The maximum Gasteiger partial charge on any atom is 0.272 e. The highest BCUT2D eigenvalue weighted by atomic mass is 32.1. The first-order valence-electron chi connectivity index (χ1n) is 11.0. The number of thiazole rings is 1. The first-order chi connectivity index (χ1) is 17.1. The monoisotopic (exact) mass is 478 g/mol. The Kier molecular flexibility index (Phi) is 4.89. The Labute approximate surface area is 203 Å². The van der Waals surface area contributed by atoms with E-state index in [1.165, 1.54) is 6.92 Å². The normalized spacial score (nSPS) is 18.0. The van der Waals surface area contributed by atoms with E-state index in [4.69, 9.17) is 0 Å². The molecule has 0 bridgehead atoms. The smallest absolute Gasteiger partial charge is 0.272 e. The number of carbonyl (C=O) groups is 2. The summed E-state index contributed by atoms with van der Waals surface area (Å²) >= 11 is 1.12. The summed E-state index contributed by atoms with van der Waals surface area (Å²) in [4.78, 5) is 41.2. The van der Waals surface area contributed by atoms with Gasteiger partial charge in [-0.05, 0) is 11.6 Å². The van der Waals surface area contributed by atoms with E-state index in [1.54, 1.807) is 28.8 Å². The molecule has 3 heterocycles. The van der Waals surface area contributed by atoms with Gasteiger partial charge in [-0.2, -0.15) is 0 Å². The minimum atomic E-state index is -0.514. The largest absolute Gasteiger partial charge is 0.274 e. The van der Waals surface area contributed by atoms with Crippen LogP contribution in [-0.2, 0) is 9.59 Å². The van der Waals surface area contributed by atoms with E-state index in [0.717, 1.165) is 27.4 Å². The summed E-state index contributed by atoms with van der Waals surface area (Å²) in [6, 6.07) is 25.8. The van der Waals surface area contributed by atoms with Crippen molar-refractivity contribution in [2.45, 2.75) is 13.0 Å². The molecule has 35 heavy (non-hydrogen) atoms. The van der Waals surface area contributed by atoms with Crippen LogP contribution in [0.3, 0.4) is 0 Å². The fourth-order valence-corrected chi connectivity index (χ4v) is 5.66. The van der Waals surface area contributed by atoms with Gasteiger partial charge >= 0.3 is 0 Å². The van der Waals surface area contributed by atoms with Crippen LogP contribution >= 0.6 is 11.3 Å². The zero-order valence-electron chi connectivity index (χ0n) is 18.6. The molecule has 2 aliphatic heterocycles. The van der Waals surface area contributed by atoms with E-state index >= 15 is 0 Å². The molecule has 1 unspecified atom stereocenters. The van der Waals surface area contributed by atoms with Gasteiger partial charge in [0.15, 0.2) is 0 Å². The van der Waals surface area contributed by atoms with Crippen molar-refractivity contribution in [2.75, 3.05) is 4.90 Å². The Morgan fingerprint density at radius 2 is 1.51 bits per heavy atom. The van der Waals surface area contributed by atoms with Crippen molar-refractivity contribution < 1.29 is 9.59 Å². The number of carbonyl (C=O) groups excluding carboxylic acids is 2. The predicted molar refractivity (Wildman–Crippen MR) is 134 cm³/mol. The van der Waals surface area contributed by atoms with Crippen LogP contribution in [0.5, 0.6) is 0 Å². The SMILES string of the molecule is CC(=O)N1C(=O)/C(=c2\sc3n(c2=O)C(c2ccccc2)C(c2ccccc2)=NN=3)c2ccccc21. The third-order valence-corrected chi connectivity index (χ3v) is 7.17. The molecule has 0 radical (unpaired) electrons. The maximum absolute atomic E-state index is 14.0. The zero-order chi connectivity index (χ0) is 24.1. The van der Waals surface area contributed by atoms with E-state index in [1.807, 2.05) is 60.7 Å². The molecule has 0 saturated heterocycles. The molecule has 0 N–H and O–H groups in total. The Hall–Kier alpha value is -4.43. The van der Waals surface area contributed by atoms with Crippen LogP contribution in [0.1, 0.15) is 29.7 Å². The molecule has 8 heteroatoms. The lowest BCUT2D eigenvalue weighted by Crippen LogP contribution is -2.41. The fraction of sp³-hybridized carbons (Fsp3) is 0.0741. The average Bonchev–Trinajstić information content (AvgIpc) is 3.37. The number of aromatic nitrogens is 1. The van der Waals surface area contributed by atoms with E-state index in [9.17, 15) is 14.4 Å². The zero-order valence-corrected chi connectivity index (χ0v) is 19.4. The molecule has 4 aromatic rings. The molecule has 0 aliphatic carbocycles. The van der Waals surface area contributed by atoms with Gasteiger partial charge in [0.05, 0.1) is 17.0 Å². The van der Waals surface area contributed by atoms with Crippen molar-refractivity contribution in [3.8, 4) is 0 Å². The maximum atomic E-state index is 14.0. The predicted octanol–water partition coefficient (Wildman–Crippen LogP) is 2.63. The van der Waals surface area contributed by atoms with E-state index in [0.29, 0.717) is 21.8 Å². The minimum Gasteiger partial charge on any atom is -0.274 e. The van der Waals surface area contributed by atoms with Crippen molar-refractivity contribution in [1.29, 1.82) is 0 Å². The number of fused-ring (bicyclic) bond motifs is 2. The molecule has 1 atom stereocenters. The van der Waals surface area contributed by atoms with Gasteiger partial charge in [-0.1, -0.05) is 90.2 Å². The summed E-state index contributed by atoms with van der Waals surface area (Å²) in [5, 5.41) is 8.90. The van der Waals surface area contributed by atoms with E-state index in [-0.39, 0.29) is 15.7 Å². The lowest BCUT2D eigenvalue weighted by atomic mass is 9.96. The molecular weight excluding hydrogens is 460 g/mol. The first-order valence-corrected chi connectivity index (χ1v) is 11.8. The number of nitrogens with zero attached hydrogens (tertiary/aromatic N) is 4. The molecule has 3 aromatic carbocycles. The minimum absolute atomic E-state index is 0.218. The average molecular weight is 479 g/mol. The number of hydrogen-bond acceptors (Lipinski definition) is 6. The summed E-state index contributed by atoms with van der Waals surface area (Å²) in [6.45, 7) is 1.34. The van der Waals surface area contributed by atoms with Gasteiger partial charge in [-0.3, -0.25) is 19.0 Å². The van der Waals surface area contributed by atoms with Gasteiger partial charge < -0.3 is 0 Å². The van der Waals surface area contributed by atoms with Crippen LogP contribution in [0, 0.1) is 0 Å². The van der Waals surface area contributed by atoms with Gasteiger partial charge in [-0.15, -0.1) is 10.2 Å². The van der Waals surface area contributed by atoms with Crippen LogP contribution in [0.4, 0.5) is 5.69 Å². The topological polar surface area (TPSA) is 84.1 Å². The second-order valence-electron chi connectivity index (χ2n) is 8.21. The molecule has 2 aliphatic rings. The van der Waals surface area contributed by atoms with Crippen molar-refractivity contribution in [3.63, 3.8) is 0 Å². The Morgan fingerprint density at radius 1 is 0.857 bits per heavy atom. The van der Waals surface area contributed by atoms with Crippen molar-refractivity contribution in [1.82, 2.24) is 4.57 Å². The van der Waals surface area contributed by atoms with Gasteiger partial charge in [0.25, 0.3) is 11.5 Å².